The Hall–Kier alpha value is -3.08. The lowest BCUT2D eigenvalue weighted by molar-refractivity contribution is -0.148. The first-order chi connectivity index (χ1) is 13.6. The first-order valence-electron chi connectivity index (χ1n) is 9.60. The van der Waals surface area contributed by atoms with E-state index in [9.17, 15) is 9.59 Å². The Bertz CT molecular complexity index is 888. The van der Waals surface area contributed by atoms with Crippen molar-refractivity contribution in [3.05, 3.63) is 65.2 Å². The fraction of sp³-hybridized carbons (Fsp3) is 0.304. The third kappa shape index (κ3) is 5.00. The molecule has 2 aromatic rings. The van der Waals surface area contributed by atoms with Gasteiger partial charge in [-0.25, -0.2) is 4.79 Å². The Morgan fingerprint density at radius 3 is 2.75 bits per heavy atom. The monoisotopic (exact) mass is 379 g/mol. The highest BCUT2D eigenvalue weighted by Gasteiger charge is 2.18. The number of fused-ring (bicyclic) bond motifs is 1. The van der Waals surface area contributed by atoms with Crippen molar-refractivity contribution in [3.63, 3.8) is 0 Å². The van der Waals surface area contributed by atoms with Crippen molar-refractivity contribution in [2.45, 2.75) is 39.2 Å². The lowest BCUT2D eigenvalue weighted by atomic mass is 10.1. The van der Waals surface area contributed by atoms with E-state index in [1.807, 2.05) is 49.4 Å². The molecule has 0 spiro atoms. The zero-order valence-corrected chi connectivity index (χ0v) is 16.2. The molecule has 1 atom stereocenters. The van der Waals surface area contributed by atoms with Gasteiger partial charge in [-0.1, -0.05) is 24.3 Å². The SMILES string of the molecule is CCOc1ccccc1/C=C/C(=O)O[C@@H](C)C(=O)Nc1ccc2c(c1)CCC2. The molecule has 1 aliphatic rings. The van der Waals surface area contributed by atoms with Crippen LogP contribution in [0.15, 0.2) is 48.5 Å². The molecule has 28 heavy (non-hydrogen) atoms. The molecule has 0 fully saturated rings. The van der Waals surface area contributed by atoms with Crippen LogP contribution in [0.4, 0.5) is 5.69 Å². The van der Waals surface area contributed by atoms with Gasteiger partial charge in [-0.15, -0.1) is 0 Å². The Morgan fingerprint density at radius 2 is 1.93 bits per heavy atom. The highest BCUT2D eigenvalue weighted by Crippen LogP contribution is 2.25. The standard InChI is InChI=1S/C23H25NO4/c1-3-27-21-10-5-4-7-18(21)12-14-22(25)28-16(2)23(26)24-20-13-11-17-8-6-9-19(17)15-20/h4-5,7,10-16H,3,6,8-9H2,1-2H3,(H,24,26)/b14-12+/t16-/m0/s1. The number of nitrogens with one attached hydrogen (secondary N) is 1. The van der Waals surface area contributed by atoms with Gasteiger partial charge in [-0.05, 0) is 68.5 Å². The minimum Gasteiger partial charge on any atom is -0.493 e. The second-order valence-corrected chi connectivity index (χ2v) is 6.71. The molecular formula is C23H25NO4. The summed E-state index contributed by atoms with van der Waals surface area (Å²) < 4.78 is 10.7. The van der Waals surface area contributed by atoms with E-state index in [1.165, 1.54) is 17.2 Å². The fourth-order valence-corrected chi connectivity index (χ4v) is 3.22. The fourth-order valence-electron chi connectivity index (χ4n) is 3.22. The lowest BCUT2D eigenvalue weighted by Crippen LogP contribution is -2.29. The van der Waals surface area contributed by atoms with Crippen LogP contribution in [0.1, 0.15) is 37.0 Å². The second-order valence-electron chi connectivity index (χ2n) is 6.71. The quantitative estimate of drug-likeness (QED) is 0.580. The molecule has 5 nitrogen and oxygen atoms in total. The predicted molar refractivity (Wildman–Crippen MR) is 109 cm³/mol. The Labute approximate surface area is 165 Å². The summed E-state index contributed by atoms with van der Waals surface area (Å²) in [5, 5.41) is 2.82. The van der Waals surface area contributed by atoms with E-state index < -0.39 is 12.1 Å². The summed E-state index contributed by atoms with van der Waals surface area (Å²) in [6.45, 7) is 3.99. The summed E-state index contributed by atoms with van der Waals surface area (Å²) in [7, 11) is 0. The Kier molecular flexibility index (Phi) is 6.48. The van der Waals surface area contributed by atoms with Gasteiger partial charge >= 0.3 is 5.97 Å². The number of rotatable bonds is 7. The van der Waals surface area contributed by atoms with Gasteiger partial charge in [0.25, 0.3) is 5.91 Å². The third-order valence-electron chi connectivity index (χ3n) is 4.65. The maximum Gasteiger partial charge on any atom is 0.331 e. The first-order valence-corrected chi connectivity index (χ1v) is 9.60. The minimum absolute atomic E-state index is 0.352. The topological polar surface area (TPSA) is 64.6 Å². The van der Waals surface area contributed by atoms with E-state index in [0.717, 1.165) is 30.5 Å². The maximum absolute atomic E-state index is 12.3. The zero-order chi connectivity index (χ0) is 19.9. The molecule has 1 N–H and O–H groups in total. The van der Waals surface area contributed by atoms with E-state index >= 15 is 0 Å². The van der Waals surface area contributed by atoms with Gasteiger partial charge in [-0.2, -0.15) is 0 Å². The van der Waals surface area contributed by atoms with Gasteiger partial charge in [0, 0.05) is 17.3 Å². The highest BCUT2D eigenvalue weighted by molar-refractivity contribution is 5.96. The summed E-state index contributed by atoms with van der Waals surface area (Å²) in [4.78, 5) is 24.4. The van der Waals surface area contributed by atoms with Crippen LogP contribution in [0.2, 0.25) is 0 Å². The molecule has 3 rings (SSSR count). The number of carbonyl (C=O) groups is 2. The number of amides is 1. The number of hydrogen-bond acceptors (Lipinski definition) is 4. The molecule has 1 aliphatic carbocycles. The molecule has 0 aromatic heterocycles. The van der Waals surface area contributed by atoms with Crippen LogP contribution in [0, 0.1) is 0 Å². The summed E-state index contributed by atoms with van der Waals surface area (Å²) in [6.07, 6.45) is 5.32. The van der Waals surface area contributed by atoms with E-state index in [4.69, 9.17) is 9.47 Å². The molecule has 1 amide bonds. The number of aryl methyl sites for hydroxylation is 2. The lowest BCUT2D eigenvalue weighted by Gasteiger charge is -2.13. The molecule has 5 heteroatoms. The van der Waals surface area contributed by atoms with Crippen LogP contribution in [0.3, 0.4) is 0 Å². The van der Waals surface area contributed by atoms with Gasteiger partial charge < -0.3 is 14.8 Å². The van der Waals surface area contributed by atoms with Crippen molar-refractivity contribution in [2.24, 2.45) is 0 Å². The van der Waals surface area contributed by atoms with Gasteiger partial charge in [0.1, 0.15) is 5.75 Å². The molecular weight excluding hydrogens is 354 g/mol. The number of anilines is 1. The smallest absolute Gasteiger partial charge is 0.331 e. The molecule has 0 heterocycles. The van der Waals surface area contributed by atoms with Crippen LogP contribution in [0.25, 0.3) is 6.08 Å². The summed E-state index contributed by atoms with van der Waals surface area (Å²) in [5.41, 5.74) is 4.12. The van der Waals surface area contributed by atoms with Crippen LogP contribution >= 0.6 is 0 Å². The normalized spacial score (nSPS) is 13.8. The van der Waals surface area contributed by atoms with Gasteiger partial charge in [0.15, 0.2) is 6.10 Å². The van der Waals surface area contributed by atoms with E-state index in [0.29, 0.717) is 12.4 Å². The first kappa shape index (κ1) is 19.7. The molecule has 0 unspecified atom stereocenters. The van der Waals surface area contributed by atoms with Crippen molar-refractivity contribution >= 4 is 23.6 Å². The van der Waals surface area contributed by atoms with Gasteiger partial charge in [-0.3, -0.25) is 4.79 Å². The zero-order valence-electron chi connectivity index (χ0n) is 16.2. The van der Waals surface area contributed by atoms with E-state index in [2.05, 4.69) is 5.32 Å². The molecule has 146 valence electrons. The number of esters is 1. The van der Waals surface area contributed by atoms with Crippen molar-refractivity contribution in [3.8, 4) is 5.75 Å². The van der Waals surface area contributed by atoms with Crippen LogP contribution in [-0.2, 0) is 27.2 Å². The molecule has 0 saturated carbocycles. The maximum atomic E-state index is 12.3. The number of benzene rings is 2. The van der Waals surface area contributed by atoms with E-state index in [1.54, 1.807) is 13.0 Å². The van der Waals surface area contributed by atoms with Crippen molar-refractivity contribution in [1.29, 1.82) is 0 Å². The Balaban J connectivity index is 1.55. The van der Waals surface area contributed by atoms with Gasteiger partial charge in [0.05, 0.1) is 6.61 Å². The number of ether oxygens (including phenoxy) is 2. The largest absolute Gasteiger partial charge is 0.493 e. The number of carbonyl (C=O) groups excluding carboxylic acids is 2. The highest BCUT2D eigenvalue weighted by atomic mass is 16.5. The summed E-state index contributed by atoms with van der Waals surface area (Å²) in [6, 6.07) is 13.3. The third-order valence-corrected chi connectivity index (χ3v) is 4.65. The average Bonchev–Trinajstić information content (AvgIpc) is 3.15. The van der Waals surface area contributed by atoms with E-state index in [-0.39, 0.29) is 5.91 Å². The molecule has 0 saturated heterocycles. The number of hydrogen-bond donors (Lipinski definition) is 1. The van der Waals surface area contributed by atoms with Crippen LogP contribution in [0.5, 0.6) is 5.75 Å². The predicted octanol–water partition coefficient (Wildman–Crippen LogP) is 4.16. The van der Waals surface area contributed by atoms with Crippen LogP contribution < -0.4 is 10.1 Å². The van der Waals surface area contributed by atoms with Gasteiger partial charge in [0.2, 0.25) is 0 Å². The second kappa shape index (κ2) is 9.22. The van der Waals surface area contributed by atoms with Crippen molar-refractivity contribution in [1.82, 2.24) is 0 Å². The Morgan fingerprint density at radius 1 is 1.14 bits per heavy atom. The molecule has 0 radical (unpaired) electrons. The van der Waals surface area contributed by atoms with Crippen molar-refractivity contribution < 1.29 is 19.1 Å². The molecule has 0 bridgehead atoms. The summed E-state index contributed by atoms with van der Waals surface area (Å²) in [5.74, 6) is -0.242. The molecule has 2 aromatic carbocycles. The summed E-state index contributed by atoms with van der Waals surface area (Å²) >= 11 is 0. The molecule has 0 aliphatic heterocycles. The number of para-hydroxylation sites is 1. The van der Waals surface area contributed by atoms with Crippen LogP contribution in [-0.4, -0.2) is 24.6 Å². The minimum atomic E-state index is -0.896. The average molecular weight is 379 g/mol. The van der Waals surface area contributed by atoms with Crippen molar-refractivity contribution in [2.75, 3.05) is 11.9 Å².